The number of aliphatic hydroxyl groups is 1. The van der Waals surface area contributed by atoms with Crippen LogP contribution >= 0.6 is 0 Å². The quantitative estimate of drug-likeness (QED) is 0.690. The number of aliphatic hydroxyl groups excluding tert-OH is 1. The molecule has 2 nitrogen and oxygen atoms in total. The van der Waals surface area contributed by atoms with Crippen molar-refractivity contribution >= 4 is 0 Å². The van der Waals surface area contributed by atoms with Crippen LogP contribution in [0.25, 0.3) is 0 Å². The van der Waals surface area contributed by atoms with Crippen molar-refractivity contribution in [2.24, 2.45) is 5.92 Å². The Hall–Kier alpha value is -0.340. The number of hydrogen-bond donors (Lipinski definition) is 1. The number of rotatable bonds is 7. The average molecular weight is 268 g/mol. The molecule has 0 saturated carbocycles. The van der Waals surface area contributed by atoms with Gasteiger partial charge in [-0.25, -0.2) is 0 Å². The molecule has 1 saturated heterocycles. The molecule has 2 heteroatoms. The van der Waals surface area contributed by atoms with Gasteiger partial charge in [-0.2, -0.15) is 0 Å². The van der Waals surface area contributed by atoms with E-state index < -0.39 is 0 Å². The molecule has 1 N–H and O–H groups in total. The maximum Gasteiger partial charge on any atom is 0.0600 e. The molecule has 1 fully saturated rings. The van der Waals surface area contributed by atoms with Crippen LogP contribution in [-0.2, 0) is 4.74 Å². The van der Waals surface area contributed by atoms with Gasteiger partial charge in [-0.3, -0.25) is 0 Å². The predicted octanol–water partition coefficient (Wildman–Crippen LogP) is 4.47. The molecule has 0 aromatic heterocycles. The molecule has 1 rings (SSSR count). The second kappa shape index (κ2) is 9.55. The van der Waals surface area contributed by atoms with E-state index in [-0.39, 0.29) is 6.10 Å². The van der Waals surface area contributed by atoms with E-state index in [1.165, 1.54) is 44.1 Å². The van der Waals surface area contributed by atoms with Gasteiger partial charge in [0, 0.05) is 6.61 Å². The minimum Gasteiger partial charge on any atom is -0.393 e. The SMILES string of the molecule is CC(C)=CCC(O)C(C)CCCC1CCCCCO1. The largest absolute Gasteiger partial charge is 0.393 e. The van der Waals surface area contributed by atoms with E-state index in [1.54, 1.807) is 0 Å². The normalized spacial score (nSPS) is 23.5. The molecule has 0 amide bonds. The molecular weight excluding hydrogens is 236 g/mol. The van der Waals surface area contributed by atoms with Crippen molar-refractivity contribution in [3.05, 3.63) is 11.6 Å². The van der Waals surface area contributed by atoms with Crippen LogP contribution in [-0.4, -0.2) is 23.9 Å². The first kappa shape index (κ1) is 16.7. The summed E-state index contributed by atoms with van der Waals surface area (Å²) in [5, 5.41) is 10.1. The van der Waals surface area contributed by atoms with E-state index in [9.17, 15) is 5.11 Å². The molecule has 1 aliphatic rings. The summed E-state index contributed by atoms with van der Waals surface area (Å²) in [6, 6.07) is 0. The molecular formula is C17H32O2. The first-order chi connectivity index (χ1) is 9.09. The molecule has 0 aromatic rings. The topological polar surface area (TPSA) is 29.5 Å². The third-order valence-corrected chi connectivity index (χ3v) is 4.13. The molecule has 3 atom stereocenters. The van der Waals surface area contributed by atoms with Crippen LogP contribution in [0.1, 0.15) is 72.1 Å². The van der Waals surface area contributed by atoms with Gasteiger partial charge in [-0.15, -0.1) is 0 Å². The molecule has 0 radical (unpaired) electrons. The lowest BCUT2D eigenvalue weighted by molar-refractivity contribution is 0.0474. The fourth-order valence-electron chi connectivity index (χ4n) is 2.66. The Bertz CT molecular complexity index is 248. The molecule has 0 aromatic carbocycles. The Morgan fingerprint density at radius 3 is 2.84 bits per heavy atom. The van der Waals surface area contributed by atoms with Crippen molar-refractivity contribution in [3.8, 4) is 0 Å². The maximum absolute atomic E-state index is 10.1. The minimum absolute atomic E-state index is 0.190. The number of hydrogen-bond acceptors (Lipinski definition) is 2. The maximum atomic E-state index is 10.1. The van der Waals surface area contributed by atoms with Crippen LogP contribution in [0.2, 0.25) is 0 Å². The van der Waals surface area contributed by atoms with Crippen molar-refractivity contribution < 1.29 is 9.84 Å². The standard InChI is InChI=1S/C17H32O2/c1-14(2)11-12-17(18)15(3)8-7-10-16-9-5-4-6-13-19-16/h11,15-18H,4-10,12-13H2,1-3H3. The Balaban J connectivity index is 2.14. The van der Waals surface area contributed by atoms with Crippen molar-refractivity contribution in [2.75, 3.05) is 6.61 Å². The van der Waals surface area contributed by atoms with Gasteiger partial charge in [0.1, 0.15) is 0 Å². The zero-order chi connectivity index (χ0) is 14.1. The Morgan fingerprint density at radius 1 is 1.32 bits per heavy atom. The smallest absolute Gasteiger partial charge is 0.0600 e. The number of allylic oxidation sites excluding steroid dienone is 1. The highest BCUT2D eigenvalue weighted by Gasteiger charge is 2.16. The predicted molar refractivity (Wildman–Crippen MR) is 81.3 cm³/mol. The fraction of sp³-hybridized carbons (Fsp3) is 0.882. The zero-order valence-corrected chi connectivity index (χ0v) is 13.0. The Kier molecular flexibility index (Phi) is 8.40. The lowest BCUT2D eigenvalue weighted by Crippen LogP contribution is -2.18. The van der Waals surface area contributed by atoms with E-state index in [2.05, 4.69) is 26.8 Å². The lowest BCUT2D eigenvalue weighted by atomic mass is 9.94. The summed E-state index contributed by atoms with van der Waals surface area (Å²) in [5.74, 6) is 0.390. The summed E-state index contributed by atoms with van der Waals surface area (Å²) in [4.78, 5) is 0. The average Bonchev–Trinajstić information content (AvgIpc) is 2.64. The van der Waals surface area contributed by atoms with Gasteiger partial charge < -0.3 is 9.84 Å². The van der Waals surface area contributed by atoms with Crippen molar-refractivity contribution in [1.82, 2.24) is 0 Å². The van der Waals surface area contributed by atoms with E-state index in [1.807, 2.05) is 0 Å². The molecule has 0 spiro atoms. The summed E-state index contributed by atoms with van der Waals surface area (Å²) in [7, 11) is 0. The zero-order valence-electron chi connectivity index (χ0n) is 13.0. The first-order valence-electron chi connectivity index (χ1n) is 8.02. The van der Waals surface area contributed by atoms with Crippen LogP contribution in [0.15, 0.2) is 11.6 Å². The highest BCUT2D eigenvalue weighted by Crippen LogP contribution is 2.21. The van der Waals surface area contributed by atoms with Crippen LogP contribution < -0.4 is 0 Å². The van der Waals surface area contributed by atoms with Gasteiger partial charge >= 0.3 is 0 Å². The van der Waals surface area contributed by atoms with Crippen molar-refractivity contribution in [3.63, 3.8) is 0 Å². The second-order valence-electron chi connectivity index (χ2n) is 6.33. The second-order valence-corrected chi connectivity index (χ2v) is 6.33. The minimum atomic E-state index is -0.190. The molecule has 1 aliphatic heterocycles. The van der Waals surface area contributed by atoms with Gasteiger partial charge in [-0.05, 0) is 51.9 Å². The molecule has 3 unspecified atom stereocenters. The van der Waals surface area contributed by atoms with Crippen LogP contribution in [0.3, 0.4) is 0 Å². The highest BCUT2D eigenvalue weighted by molar-refractivity contribution is 4.94. The van der Waals surface area contributed by atoms with Crippen LogP contribution in [0, 0.1) is 5.92 Å². The molecule has 112 valence electrons. The van der Waals surface area contributed by atoms with Gasteiger partial charge in [0.2, 0.25) is 0 Å². The molecule has 0 bridgehead atoms. The van der Waals surface area contributed by atoms with Gasteiger partial charge in [0.25, 0.3) is 0 Å². The third-order valence-electron chi connectivity index (χ3n) is 4.13. The summed E-state index contributed by atoms with van der Waals surface area (Å²) < 4.78 is 5.85. The van der Waals surface area contributed by atoms with Crippen molar-refractivity contribution in [1.29, 1.82) is 0 Å². The Labute approximate surface area is 119 Å². The lowest BCUT2D eigenvalue weighted by Gasteiger charge is -2.19. The summed E-state index contributed by atoms with van der Waals surface area (Å²) >= 11 is 0. The van der Waals surface area contributed by atoms with E-state index in [0.717, 1.165) is 19.4 Å². The van der Waals surface area contributed by atoms with E-state index in [4.69, 9.17) is 4.74 Å². The Morgan fingerprint density at radius 2 is 2.11 bits per heavy atom. The molecule has 19 heavy (non-hydrogen) atoms. The van der Waals surface area contributed by atoms with Crippen LogP contribution in [0.5, 0.6) is 0 Å². The van der Waals surface area contributed by atoms with Crippen molar-refractivity contribution in [2.45, 2.75) is 84.3 Å². The monoisotopic (exact) mass is 268 g/mol. The van der Waals surface area contributed by atoms with Gasteiger partial charge in [0.05, 0.1) is 12.2 Å². The van der Waals surface area contributed by atoms with Crippen LogP contribution in [0.4, 0.5) is 0 Å². The fourth-order valence-corrected chi connectivity index (χ4v) is 2.66. The first-order valence-corrected chi connectivity index (χ1v) is 8.02. The molecule has 0 aliphatic carbocycles. The molecule has 1 heterocycles. The highest BCUT2D eigenvalue weighted by atomic mass is 16.5. The summed E-state index contributed by atoms with van der Waals surface area (Å²) in [6.07, 6.45) is 11.8. The van der Waals surface area contributed by atoms with E-state index >= 15 is 0 Å². The number of ether oxygens (including phenoxy) is 1. The third kappa shape index (κ3) is 7.74. The van der Waals surface area contributed by atoms with Gasteiger partial charge in [0.15, 0.2) is 0 Å². The summed E-state index contributed by atoms with van der Waals surface area (Å²) in [5.41, 5.74) is 1.29. The summed E-state index contributed by atoms with van der Waals surface area (Å²) in [6.45, 7) is 7.28. The van der Waals surface area contributed by atoms with Gasteiger partial charge in [-0.1, -0.05) is 37.8 Å². The van der Waals surface area contributed by atoms with E-state index in [0.29, 0.717) is 12.0 Å².